The van der Waals surface area contributed by atoms with E-state index in [-0.39, 0.29) is 18.5 Å². The van der Waals surface area contributed by atoms with Crippen molar-refractivity contribution in [3.05, 3.63) is 12.2 Å². The number of amides is 1. The lowest BCUT2D eigenvalue weighted by Crippen LogP contribution is -2.45. The number of hydrogen-bond donors (Lipinski definition) is 3. The lowest BCUT2D eigenvalue weighted by molar-refractivity contribution is -0.143. The van der Waals surface area contributed by atoms with E-state index in [1.54, 1.807) is 0 Å². The SMILES string of the molecule is CCCCCCC/C=C\CCCCCCCC(=O)OCCCCCCCCCCCCCCCCCCCCCCCCC(=O)NC(CO)C(O)CCCCCCCCCCCCCCCCCCCC. The minimum absolute atomic E-state index is 0.00563. The molecule has 0 bridgehead atoms. The van der Waals surface area contributed by atoms with Crippen LogP contribution in [0, 0.1) is 0 Å². The van der Waals surface area contributed by atoms with E-state index >= 15 is 0 Å². The molecule has 6 heteroatoms. The second-order valence-electron chi connectivity index (χ2n) is 22.5. The molecule has 0 rings (SSSR count). The fourth-order valence-electron chi connectivity index (χ4n) is 10.3. The van der Waals surface area contributed by atoms with E-state index in [9.17, 15) is 19.8 Å². The summed E-state index contributed by atoms with van der Waals surface area (Å²) in [7, 11) is 0. The Morgan fingerprint density at radius 1 is 0.380 bits per heavy atom. The molecule has 0 aromatic rings. The monoisotopic (exact) mass is 1000 g/mol. The number of hydrogen-bond acceptors (Lipinski definition) is 5. The second-order valence-corrected chi connectivity index (χ2v) is 22.5. The van der Waals surface area contributed by atoms with Crippen molar-refractivity contribution >= 4 is 11.9 Å². The van der Waals surface area contributed by atoms with Crippen molar-refractivity contribution in [1.82, 2.24) is 5.32 Å². The first kappa shape index (κ1) is 69.6. The molecule has 0 aliphatic carbocycles. The van der Waals surface area contributed by atoms with E-state index in [2.05, 4.69) is 31.3 Å². The Kier molecular flexibility index (Phi) is 59.9. The highest BCUT2D eigenvalue weighted by Crippen LogP contribution is 2.18. The van der Waals surface area contributed by atoms with Gasteiger partial charge in [-0.15, -0.1) is 0 Å². The van der Waals surface area contributed by atoms with Crippen molar-refractivity contribution in [2.75, 3.05) is 13.2 Å². The molecule has 0 spiro atoms. The van der Waals surface area contributed by atoms with Gasteiger partial charge in [0.1, 0.15) is 0 Å². The van der Waals surface area contributed by atoms with Gasteiger partial charge in [0.2, 0.25) is 5.91 Å². The van der Waals surface area contributed by atoms with Crippen LogP contribution in [-0.2, 0) is 14.3 Å². The highest BCUT2D eigenvalue weighted by molar-refractivity contribution is 5.76. The molecule has 0 aliphatic heterocycles. The van der Waals surface area contributed by atoms with Crippen LogP contribution in [0.5, 0.6) is 0 Å². The summed E-state index contributed by atoms with van der Waals surface area (Å²) in [5, 5.41) is 23.4. The van der Waals surface area contributed by atoms with E-state index in [0.29, 0.717) is 25.9 Å². The van der Waals surface area contributed by atoms with Crippen LogP contribution in [0.2, 0.25) is 0 Å². The Labute approximate surface area is 444 Å². The molecular formula is C65H127NO5. The van der Waals surface area contributed by atoms with Crippen LogP contribution in [-0.4, -0.2) is 47.4 Å². The van der Waals surface area contributed by atoms with Crippen molar-refractivity contribution in [3.8, 4) is 0 Å². The summed E-state index contributed by atoms with van der Waals surface area (Å²) in [5.74, 6) is -0.0259. The van der Waals surface area contributed by atoms with Gasteiger partial charge in [0.15, 0.2) is 0 Å². The minimum atomic E-state index is -0.664. The standard InChI is InChI=1S/C65H127NO5/c1-3-5-7-9-11-13-15-17-19-20-27-30-33-37-41-45-49-53-57-63(68)62(61-67)66-64(69)58-54-50-46-42-38-34-31-28-25-23-21-22-24-26-29-32-36-40-44-48-52-56-60-71-65(70)59-55-51-47-43-39-35-18-16-14-12-10-8-6-4-2/h16,18,62-63,67-68H,3-15,17,19-61H2,1-2H3,(H,66,69)/b18-16-. The molecule has 0 radical (unpaired) electrons. The van der Waals surface area contributed by atoms with Gasteiger partial charge < -0.3 is 20.3 Å². The van der Waals surface area contributed by atoms with Gasteiger partial charge in [-0.05, 0) is 51.4 Å². The maximum absolute atomic E-state index is 12.5. The molecule has 3 N–H and O–H groups in total. The maximum atomic E-state index is 12.5. The van der Waals surface area contributed by atoms with Gasteiger partial charge in [-0.1, -0.05) is 315 Å². The van der Waals surface area contributed by atoms with E-state index in [1.165, 1.54) is 289 Å². The first-order chi connectivity index (χ1) is 35.0. The molecule has 2 atom stereocenters. The molecule has 71 heavy (non-hydrogen) atoms. The summed E-state index contributed by atoms with van der Waals surface area (Å²) >= 11 is 0. The minimum Gasteiger partial charge on any atom is -0.466 e. The van der Waals surface area contributed by atoms with Gasteiger partial charge in [-0.25, -0.2) is 0 Å². The smallest absolute Gasteiger partial charge is 0.305 e. The van der Waals surface area contributed by atoms with Crippen molar-refractivity contribution in [3.63, 3.8) is 0 Å². The molecule has 0 saturated heterocycles. The number of esters is 1. The highest BCUT2D eigenvalue weighted by atomic mass is 16.5. The average Bonchev–Trinajstić information content (AvgIpc) is 3.37. The summed E-state index contributed by atoms with van der Waals surface area (Å²) in [6, 6.07) is -0.541. The number of unbranched alkanes of at least 4 members (excludes halogenated alkanes) is 48. The lowest BCUT2D eigenvalue weighted by Gasteiger charge is -2.22. The number of carbonyl (C=O) groups is 2. The van der Waals surface area contributed by atoms with Gasteiger partial charge in [0, 0.05) is 12.8 Å². The van der Waals surface area contributed by atoms with E-state index in [1.807, 2.05) is 0 Å². The van der Waals surface area contributed by atoms with E-state index in [0.717, 1.165) is 44.9 Å². The number of aliphatic hydroxyl groups is 2. The number of rotatable bonds is 61. The quantitative estimate of drug-likeness (QED) is 0.0320. The van der Waals surface area contributed by atoms with Crippen LogP contribution in [0.25, 0.3) is 0 Å². The third-order valence-electron chi connectivity index (χ3n) is 15.3. The third kappa shape index (κ3) is 57.7. The zero-order valence-electron chi connectivity index (χ0n) is 48.2. The zero-order valence-corrected chi connectivity index (χ0v) is 48.2. The molecule has 422 valence electrons. The summed E-state index contributed by atoms with van der Waals surface area (Å²) in [6.07, 6.45) is 73.7. The summed E-state index contributed by atoms with van der Waals surface area (Å²) in [5.41, 5.74) is 0. The fourth-order valence-corrected chi connectivity index (χ4v) is 10.3. The van der Waals surface area contributed by atoms with Gasteiger partial charge in [-0.3, -0.25) is 9.59 Å². The Hall–Kier alpha value is -1.40. The number of aliphatic hydroxyl groups excluding tert-OH is 2. The third-order valence-corrected chi connectivity index (χ3v) is 15.3. The topological polar surface area (TPSA) is 95.9 Å². The lowest BCUT2D eigenvalue weighted by atomic mass is 10.0. The molecule has 0 aromatic heterocycles. The average molecular weight is 1000 g/mol. The number of carbonyl (C=O) groups excluding carboxylic acids is 2. The van der Waals surface area contributed by atoms with Crippen molar-refractivity contribution in [1.29, 1.82) is 0 Å². The number of nitrogens with one attached hydrogen (secondary N) is 1. The molecule has 0 aliphatic rings. The predicted octanol–water partition coefficient (Wildman–Crippen LogP) is 20.4. The maximum Gasteiger partial charge on any atom is 0.305 e. The molecule has 2 unspecified atom stereocenters. The van der Waals surface area contributed by atoms with Crippen LogP contribution in [0.15, 0.2) is 12.2 Å². The normalized spacial score (nSPS) is 12.6. The second kappa shape index (κ2) is 61.1. The van der Waals surface area contributed by atoms with Crippen molar-refractivity contribution in [2.45, 2.75) is 379 Å². The molecule has 0 saturated carbocycles. The van der Waals surface area contributed by atoms with Crippen LogP contribution in [0.3, 0.4) is 0 Å². The van der Waals surface area contributed by atoms with Crippen LogP contribution in [0.1, 0.15) is 367 Å². The van der Waals surface area contributed by atoms with Gasteiger partial charge in [-0.2, -0.15) is 0 Å². The zero-order chi connectivity index (χ0) is 51.4. The summed E-state index contributed by atoms with van der Waals surface area (Å²) in [6.45, 7) is 4.97. The highest BCUT2D eigenvalue weighted by Gasteiger charge is 2.20. The first-order valence-corrected chi connectivity index (χ1v) is 32.4. The molecule has 6 nitrogen and oxygen atoms in total. The van der Waals surface area contributed by atoms with Crippen molar-refractivity contribution in [2.24, 2.45) is 0 Å². The van der Waals surface area contributed by atoms with Gasteiger partial charge in [0.05, 0.1) is 25.4 Å². The Balaban J connectivity index is 3.37. The molecule has 0 aromatic carbocycles. The van der Waals surface area contributed by atoms with E-state index < -0.39 is 12.1 Å². The number of ether oxygens (including phenoxy) is 1. The first-order valence-electron chi connectivity index (χ1n) is 32.4. The molecule has 0 heterocycles. The predicted molar refractivity (Wildman–Crippen MR) is 310 cm³/mol. The van der Waals surface area contributed by atoms with Gasteiger partial charge in [0.25, 0.3) is 0 Å². The Bertz CT molecular complexity index is 1060. The molecule has 1 amide bonds. The van der Waals surface area contributed by atoms with Crippen molar-refractivity contribution < 1.29 is 24.5 Å². The Morgan fingerprint density at radius 2 is 0.662 bits per heavy atom. The van der Waals surface area contributed by atoms with Crippen LogP contribution < -0.4 is 5.32 Å². The molecular weight excluding hydrogens is 875 g/mol. The van der Waals surface area contributed by atoms with Crippen LogP contribution >= 0.6 is 0 Å². The summed E-state index contributed by atoms with van der Waals surface area (Å²) < 4.78 is 5.48. The largest absolute Gasteiger partial charge is 0.466 e. The molecule has 0 fully saturated rings. The van der Waals surface area contributed by atoms with Crippen LogP contribution in [0.4, 0.5) is 0 Å². The number of allylic oxidation sites excluding steroid dienone is 2. The fraction of sp³-hybridized carbons (Fsp3) is 0.938. The van der Waals surface area contributed by atoms with Gasteiger partial charge >= 0.3 is 5.97 Å². The van der Waals surface area contributed by atoms with E-state index in [4.69, 9.17) is 4.74 Å². The Morgan fingerprint density at radius 3 is 1.00 bits per heavy atom. The summed E-state index contributed by atoms with van der Waals surface area (Å²) in [4.78, 5) is 24.6.